The quantitative estimate of drug-likeness (QED) is 0.897. The summed E-state index contributed by atoms with van der Waals surface area (Å²) in [5.41, 5.74) is -1.89. The number of rotatable bonds is 4. The fraction of sp³-hybridized carbons (Fsp3) is 0.333. The summed E-state index contributed by atoms with van der Waals surface area (Å²) >= 11 is 0. The molecule has 0 saturated carbocycles. The number of hydrogen-bond acceptors (Lipinski definition) is 5. The molecule has 1 rings (SSSR count). The first-order valence-electron chi connectivity index (χ1n) is 5.73. The van der Waals surface area contributed by atoms with Gasteiger partial charge in [-0.15, -0.1) is 0 Å². The summed E-state index contributed by atoms with van der Waals surface area (Å²) in [6.45, 7) is 1.23. The van der Waals surface area contributed by atoms with Gasteiger partial charge in [-0.1, -0.05) is 0 Å². The average molecular weight is 336 g/mol. The number of nitrogens with zero attached hydrogens (tertiary/aromatic N) is 1. The van der Waals surface area contributed by atoms with Gasteiger partial charge in [-0.05, 0) is 25.1 Å². The Morgan fingerprint density at radius 3 is 2.45 bits per heavy atom. The second-order valence-electron chi connectivity index (χ2n) is 4.17. The SMILES string of the molecule is CO[C@@H](C)C(=O)NS(=O)(=O)c1ccc(C#N)cc1C(F)(F)F. The van der Waals surface area contributed by atoms with Crippen LogP contribution in [0.1, 0.15) is 18.1 Å². The normalized spacial score (nSPS) is 13.3. The lowest BCUT2D eigenvalue weighted by Crippen LogP contribution is -2.38. The van der Waals surface area contributed by atoms with E-state index in [4.69, 9.17) is 5.26 Å². The van der Waals surface area contributed by atoms with Crippen molar-refractivity contribution in [2.75, 3.05) is 7.11 Å². The second kappa shape index (κ2) is 6.33. The van der Waals surface area contributed by atoms with Gasteiger partial charge < -0.3 is 4.74 Å². The minimum Gasteiger partial charge on any atom is -0.372 e. The smallest absolute Gasteiger partial charge is 0.372 e. The van der Waals surface area contributed by atoms with Crippen molar-refractivity contribution in [3.05, 3.63) is 29.3 Å². The molecule has 10 heteroatoms. The Labute approximate surface area is 124 Å². The number of hydrogen-bond donors (Lipinski definition) is 1. The number of ether oxygens (including phenoxy) is 1. The number of benzene rings is 1. The van der Waals surface area contributed by atoms with Crippen LogP contribution >= 0.6 is 0 Å². The lowest BCUT2D eigenvalue weighted by molar-refractivity contribution is -0.140. The van der Waals surface area contributed by atoms with Gasteiger partial charge in [0.05, 0.1) is 22.1 Å². The zero-order valence-corrected chi connectivity index (χ0v) is 12.2. The Morgan fingerprint density at radius 1 is 1.41 bits per heavy atom. The van der Waals surface area contributed by atoms with Crippen molar-refractivity contribution in [2.45, 2.75) is 24.1 Å². The van der Waals surface area contributed by atoms with Crippen LogP contribution in [-0.4, -0.2) is 27.5 Å². The summed E-state index contributed by atoms with van der Waals surface area (Å²) in [4.78, 5) is 10.4. The molecule has 0 spiro atoms. The number of alkyl halides is 3. The van der Waals surface area contributed by atoms with E-state index in [1.165, 1.54) is 17.7 Å². The maximum absolute atomic E-state index is 12.9. The number of carbonyl (C=O) groups is 1. The van der Waals surface area contributed by atoms with Gasteiger partial charge >= 0.3 is 6.18 Å². The van der Waals surface area contributed by atoms with Crippen molar-refractivity contribution in [1.29, 1.82) is 5.26 Å². The van der Waals surface area contributed by atoms with Gasteiger partial charge in [-0.25, -0.2) is 13.1 Å². The zero-order chi connectivity index (χ0) is 17.1. The number of halogens is 3. The highest BCUT2D eigenvalue weighted by Gasteiger charge is 2.38. The van der Waals surface area contributed by atoms with Crippen molar-refractivity contribution >= 4 is 15.9 Å². The van der Waals surface area contributed by atoms with Crippen molar-refractivity contribution in [1.82, 2.24) is 4.72 Å². The van der Waals surface area contributed by atoms with Crippen LogP contribution in [0.4, 0.5) is 13.2 Å². The van der Waals surface area contributed by atoms with Crippen molar-refractivity contribution in [3.63, 3.8) is 0 Å². The minimum absolute atomic E-state index is 0.358. The first-order valence-corrected chi connectivity index (χ1v) is 7.22. The fourth-order valence-corrected chi connectivity index (χ4v) is 2.68. The van der Waals surface area contributed by atoms with Crippen LogP contribution in [-0.2, 0) is 25.7 Å². The molecule has 0 aliphatic carbocycles. The van der Waals surface area contributed by atoms with Crippen molar-refractivity contribution < 1.29 is 31.1 Å². The maximum Gasteiger partial charge on any atom is 0.417 e. The van der Waals surface area contributed by atoms with E-state index >= 15 is 0 Å². The number of carbonyl (C=O) groups excluding carboxylic acids is 1. The Balaban J connectivity index is 3.37. The highest BCUT2D eigenvalue weighted by molar-refractivity contribution is 7.90. The molecule has 1 atom stereocenters. The summed E-state index contributed by atoms with van der Waals surface area (Å²) in [6, 6.07) is 3.42. The summed E-state index contributed by atoms with van der Waals surface area (Å²) < 4.78 is 68.8. The van der Waals surface area contributed by atoms with E-state index in [-0.39, 0.29) is 5.56 Å². The predicted octanol–water partition coefficient (Wildman–Crippen LogP) is 1.42. The lowest BCUT2D eigenvalue weighted by atomic mass is 10.1. The van der Waals surface area contributed by atoms with Crippen LogP contribution in [0.3, 0.4) is 0 Å². The molecule has 0 aromatic heterocycles. The molecule has 1 amide bonds. The molecule has 22 heavy (non-hydrogen) atoms. The van der Waals surface area contributed by atoms with Crippen LogP contribution in [0.25, 0.3) is 0 Å². The third-order valence-electron chi connectivity index (χ3n) is 2.66. The molecule has 120 valence electrons. The standard InChI is InChI=1S/C12H11F3N2O4S/c1-7(21-2)11(18)17-22(19,20)10-4-3-8(6-16)5-9(10)12(13,14)15/h3-5,7H,1-2H3,(H,17,18)/t7-/m0/s1. The van der Waals surface area contributed by atoms with Gasteiger partial charge in [0.15, 0.2) is 0 Å². The second-order valence-corrected chi connectivity index (χ2v) is 5.82. The number of sulfonamides is 1. The van der Waals surface area contributed by atoms with E-state index in [1.54, 1.807) is 0 Å². The minimum atomic E-state index is -5.01. The Hall–Kier alpha value is -2.12. The molecule has 1 aromatic carbocycles. The largest absolute Gasteiger partial charge is 0.417 e. The van der Waals surface area contributed by atoms with Gasteiger partial charge in [-0.3, -0.25) is 4.79 Å². The van der Waals surface area contributed by atoms with E-state index in [1.807, 2.05) is 0 Å². The highest BCUT2D eigenvalue weighted by Crippen LogP contribution is 2.34. The highest BCUT2D eigenvalue weighted by atomic mass is 32.2. The molecule has 0 bridgehead atoms. The third kappa shape index (κ3) is 3.96. The number of nitriles is 1. The van der Waals surface area contributed by atoms with E-state index < -0.39 is 38.7 Å². The number of methoxy groups -OCH3 is 1. The molecule has 0 saturated heterocycles. The molecule has 0 fully saturated rings. The van der Waals surface area contributed by atoms with Crippen LogP contribution in [0.15, 0.2) is 23.1 Å². The van der Waals surface area contributed by atoms with Crippen LogP contribution in [0.5, 0.6) is 0 Å². The molecular weight excluding hydrogens is 325 g/mol. The molecule has 1 N–H and O–H groups in total. The summed E-state index contributed by atoms with van der Waals surface area (Å²) in [7, 11) is -3.62. The van der Waals surface area contributed by atoms with E-state index in [2.05, 4.69) is 4.74 Å². The zero-order valence-electron chi connectivity index (χ0n) is 11.4. The van der Waals surface area contributed by atoms with Crippen molar-refractivity contribution in [2.24, 2.45) is 0 Å². The molecule has 0 heterocycles. The Bertz CT molecular complexity index is 723. The average Bonchev–Trinajstić information content (AvgIpc) is 2.44. The molecule has 6 nitrogen and oxygen atoms in total. The van der Waals surface area contributed by atoms with Crippen LogP contribution < -0.4 is 4.72 Å². The molecule has 1 aromatic rings. The van der Waals surface area contributed by atoms with Gasteiger partial charge in [-0.2, -0.15) is 18.4 Å². The van der Waals surface area contributed by atoms with E-state index in [0.717, 1.165) is 13.2 Å². The summed E-state index contributed by atoms with van der Waals surface area (Å²) in [5.74, 6) is -1.11. The van der Waals surface area contributed by atoms with Crippen LogP contribution in [0.2, 0.25) is 0 Å². The Kier molecular flexibility index (Phi) is 5.16. The van der Waals surface area contributed by atoms with E-state index in [9.17, 15) is 26.4 Å². The van der Waals surface area contributed by atoms with Gasteiger partial charge in [0, 0.05) is 7.11 Å². The van der Waals surface area contributed by atoms with Gasteiger partial charge in [0.1, 0.15) is 6.10 Å². The van der Waals surface area contributed by atoms with Crippen LogP contribution in [0, 0.1) is 11.3 Å². The summed E-state index contributed by atoms with van der Waals surface area (Å²) in [5, 5.41) is 8.62. The molecule has 0 radical (unpaired) electrons. The predicted molar refractivity (Wildman–Crippen MR) is 68.0 cm³/mol. The molecule has 0 aliphatic heterocycles. The van der Waals surface area contributed by atoms with Crippen molar-refractivity contribution in [3.8, 4) is 6.07 Å². The third-order valence-corrected chi connectivity index (χ3v) is 4.07. The van der Waals surface area contributed by atoms with Gasteiger partial charge in [0.2, 0.25) is 0 Å². The molecular formula is C12H11F3N2O4S. The topological polar surface area (TPSA) is 96.3 Å². The molecule has 0 unspecified atom stereocenters. The maximum atomic E-state index is 12.9. The number of nitrogens with one attached hydrogen (secondary N) is 1. The summed E-state index contributed by atoms with van der Waals surface area (Å²) in [6.07, 6.45) is -6.17. The fourth-order valence-electron chi connectivity index (χ4n) is 1.43. The Morgan fingerprint density at radius 2 is 2.00 bits per heavy atom. The van der Waals surface area contributed by atoms with Gasteiger partial charge in [0.25, 0.3) is 15.9 Å². The van der Waals surface area contributed by atoms with E-state index in [0.29, 0.717) is 12.1 Å². The monoisotopic (exact) mass is 336 g/mol. The molecule has 0 aliphatic rings. The first kappa shape index (κ1) is 17.9. The number of amides is 1. The first-order chi connectivity index (χ1) is 10.0. The lowest BCUT2D eigenvalue weighted by Gasteiger charge is -2.15.